The molecule has 0 radical (unpaired) electrons. The van der Waals surface area contributed by atoms with Crippen LogP contribution in [0.15, 0.2) is 82.9 Å². The normalized spacial score (nSPS) is 19.3. The molecule has 2 amide bonds. The largest absolute Gasteiger partial charge is 0.326 e. The van der Waals surface area contributed by atoms with E-state index in [2.05, 4.69) is 47.6 Å². The number of thioether (sulfide) groups is 1. The first-order valence-corrected chi connectivity index (χ1v) is 12.9. The summed E-state index contributed by atoms with van der Waals surface area (Å²) >= 11 is 1.32. The average Bonchev–Trinajstić information content (AvgIpc) is 3.43. The molecule has 0 aliphatic carbocycles. The Hall–Kier alpha value is -3.71. The van der Waals surface area contributed by atoms with Gasteiger partial charge in [-0.25, -0.2) is 5.01 Å². The number of amides is 2. The molecule has 0 spiro atoms. The summed E-state index contributed by atoms with van der Waals surface area (Å²) in [5.41, 5.74) is 7.19. The van der Waals surface area contributed by atoms with Crippen molar-refractivity contribution in [3.8, 4) is 0 Å². The van der Waals surface area contributed by atoms with E-state index in [1.165, 1.54) is 17.3 Å². The Labute approximate surface area is 215 Å². The third-order valence-corrected chi connectivity index (χ3v) is 7.42. The zero-order chi connectivity index (χ0) is 25.2. The zero-order valence-electron chi connectivity index (χ0n) is 20.6. The van der Waals surface area contributed by atoms with Gasteiger partial charge in [-0.3, -0.25) is 9.59 Å². The third kappa shape index (κ3) is 5.26. The summed E-state index contributed by atoms with van der Waals surface area (Å²) in [6.45, 7) is 6.04. The topological polar surface area (TPSA) is 74.1 Å². The molecule has 2 aliphatic rings. The Morgan fingerprint density at radius 2 is 1.67 bits per heavy atom. The van der Waals surface area contributed by atoms with E-state index in [1.54, 1.807) is 0 Å². The number of carbonyl (C=O) groups excluding carboxylic acids is 2. The molecule has 0 bridgehead atoms. The molecule has 0 saturated heterocycles. The van der Waals surface area contributed by atoms with E-state index < -0.39 is 5.25 Å². The smallest absolute Gasteiger partial charge is 0.262 e. The number of benzene rings is 3. The second kappa shape index (κ2) is 10.1. The van der Waals surface area contributed by atoms with Crippen molar-refractivity contribution < 1.29 is 9.59 Å². The van der Waals surface area contributed by atoms with Gasteiger partial charge in [0, 0.05) is 18.5 Å². The maximum atomic E-state index is 12.8. The lowest BCUT2D eigenvalue weighted by molar-refractivity contribution is -0.121. The van der Waals surface area contributed by atoms with Gasteiger partial charge in [-0.15, -0.1) is 0 Å². The highest BCUT2D eigenvalue weighted by Gasteiger charge is 2.39. The molecule has 3 aromatic rings. The molecule has 6 nitrogen and oxygen atoms in total. The van der Waals surface area contributed by atoms with Gasteiger partial charge in [-0.2, -0.15) is 10.1 Å². The van der Waals surface area contributed by atoms with Crippen molar-refractivity contribution in [3.05, 3.63) is 101 Å². The summed E-state index contributed by atoms with van der Waals surface area (Å²) in [7, 11) is 0. The lowest BCUT2D eigenvalue weighted by Gasteiger charge is -2.23. The minimum Gasteiger partial charge on any atom is -0.326 e. The van der Waals surface area contributed by atoms with Gasteiger partial charge >= 0.3 is 0 Å². The van der Waals surface area contributed by atoms with Crippen molar-refractivity contribution in [1.82, 2.24) is 5.01 Å². The number of hydrogen-bond donors (Lipinski definition) is 1. The molecule has 182 valence electrons. The maximum absolute atomic E-state index is 12.8. The summed E-state index contributed by atoms with van der Waals surface area (Å²) in [6.07, 6.45) is 0.764. The molecular formula is C29H28N4O2S. The molecule has 3 aromatic carbocycles. The monoisotopic (exact) mass is 496 g/mol. The fourth-order valence-corrected chi connectivity index (χ4v) is 5.63. The number of hydrogen-bond acceptors (Lipinski definition) is 5. The predicted molar refractivity (Wildman–Crippen MR) is 146 cm³/mol. The van der Waals surface area contributed by atoms with Gasteiger partial charge in [-0.05, 0) is 55.2 Å². The van der Waals surface area contributed by atoms with E-state index in [1.807, 2.05) is 61.3 Å². The van der Waals surface area contributed by atoms with Crippen LogP contribution >= 0.6 is 11.8 Å². The first-order chi connectivity index (χ1) is 17.4. The summed E-state index contributed by atoms with van der Waals surface area (Å²) in [4.78, 5) is 29.9. The highest BCUT2D eigenvalue weighted by atomic mass is 32.2. The SMILES string of the molecule is Cc1ccc([C@@H]2CC(c3ccccc3)=NN2C2=NC(=O)[C@H](CC(=O)Nc3cc(C)cc(C)c3)S2)cc1. The van der Waals surface area contributed by atoms with Gasteiger partial charge in [0.25, 0.3) is 5.91 Å². The molecule has 2 atom stereocenters. The Balaban J connectivity index is 1.34. The fraction of sp³-hybridized carbons (Fsp3) is 0.241. The molecule has 2 aliphatic heterocycles. The van der Waals surface area contributed by atoms with Crippen molar-refractivity contribution in [3.63, 3.8) is 0 Å². The Bertz CT molecular complexity index is 1350. The number of rotatable bonds is 5. The van der Waals surface area contributed by atoms with Crippen LogP contribution in [0.4, 0.5) is 5.69 Å². The molecule has 2 heterocycles. The molecule has 5 rings (SSSR count). The fourth-order valence-electron chi connectivity index (χ4n) is 4.57. The van der Waals surface area contributed by atoms with Crippen LogP contribution < -0.4 is 5.32 Å². The first-order valence-electron chi connectivity index (χ1n) is 12.0. The zero-order valence-corrected chi connectivity index (χ0v) is 21.4. The number of carbonyl (C=O) groups is 2. The second-order valence-corrected chi connectivity index (χ2v) is 10.5. The van der Waals surface area contributed by atoms with Gasteiger partial charge in [0.05, 0.1) is 11.8 Å². The number of amidine groups is 1. The number of nitrogens with zero attached hydrogens (tertiary/aromatic N) is 3. The van der Waals surface area contributed by atoms with E-state index in [9.17, 15) is 9.59 Å². The highest BCUT2D eigenvalue weighted by molar-refractivity contribution is 8.15. The van der Waals surface area contributed by atoms with Crippen LogP contribution in [0, 0.1) is 20.8 Å². The Morgan fingerprint density at radius 3 is 2.36 bits per heavy atom. The van der Waals surface area contributed by atoms with Gasteiger partial charge in [0.2, 0.25) is 5.91 Å². The van der Waals surface area contributed by atoms with Gasteiger partial charge in [0.15, 0.2) is 5.17 Å². The average molecular weight is 497 g/mol. The Morgan fingerprint density at radius 1 is 0.972 bits per heavy atom. The van der Waals surface area contributed by atoms with Crippen molar-refractivity contribution >= 4 is 40.1 Å². The molecule has 0 aromatic heterocycles. The molecule has 0 fully saturated rings. The molecule has 0 unspecified atom stereocenters. The lowest BCUT2D eigenvalue weighted by Crippen LogP contribution is -2.25. The molecule has 7 heteroatoms. The first kappa shape index (κ1) is 24.0. The second-order valence-electron chi connectivity index (χ2n) is 9.36. The number of anilines is 1. The lowest BCUT2D eigenvalue weighted by atomic mass is 9.98. The number of aliphatic imine (C=N–C) groups is 1. The van der Waals surface area contributed by atoms with Crippen LogP contribution in [-0.2, 0) is 9.59 Å². The van der Waals surface area contributed by atoms with Crippen LogP contribution in [0.5, 0.6) is 0 Å². The van der Waals surface area contributed by atoms with Crippen molar-refractivity contribution in [2.75, 3.05) is 5.32 Å². The molecule has 1 N–H and O–H groups in total. The van der Waals surface area contributed by atoms with Crippen LogP contribution in [-0.4, -0.2) is 33.0 Å². The van der Waals surface area contributed by atoms with E-state index in [4.69, 9.17) is 5.10 Å². The molecule has 0 saturated carbocycles. The minimum atomic E-state index is -0.569. The quantitative estimate of drug-likeness (QED) is 0.485. The summed E-state index contributed by atoms with van der Waals surface area (Å²) < 4.78 is 0. The van der Waals surface area contributed by atoms with Crippen LogP contribution in [0.3, 0.4) is 0 Å². The standard InChI is InChI=1S/C29H28N4O2S/c1-18-9-11-22(12-10-18)25-16-24(21-7-5-4-6-8-21)32-33(25)29-31-28(35)26(36-29)17-27(34)30-23-14-19(2)13-20(3)15-23/h4-15,25-26H,16-17H2,1-3H3,(H,30,34)/t25-,26-/m0/s1. The maximum Gasteiger partial charge on any atom is 0.262 e. The van der Waals surface area contributed by atoms with E-state index in [0.29, 0.717) is 11.6 Å². The summed E-state index contributed by atoms with van der Waals surface area (Å²) in [6, 6.07) is 24.3. The van der Waals surface area contributed by atoms with Crippen molar-refractivity contribution in [2.45, 2.75) is 44.9 Å². The Kier molecular flexibility index (Phi) is 6.74. The van der Waals surface area contributed by atoms with Crippen LogP contribution in [0.1, 0.15) is 46.7 Å². The van der Waals surface area contributed by atoms with E-state index in [0.717, 1.165) is 33.7 Å². The van der Waals surface area contributed by atoms with Gasteiger partial charge in [0.1, 0.15) is 5.25 Å². The molecular weight excluding hydrogens is 468 g/mol. The number of hydrazone groups is 1. The number of aryl methyl sites for hydroxylation is 3. The van der Waals surface area contributed by atoms with E-state index in [-0.39, 0.29) is 24.3 Å². The minimum absolute atomic E-state index is 0.0573. The van der Waals surface area contributed by atoms with Crippen molar-refractivity contribution in [2.24, 2.45) is 10.1 Å². The van der Waals surface area contributed by atoms with Crippen molar-refractivity contribution in [1.29, 1.82) is 0 Å². The summed E-state index contributed by atoms with van der Waals surface area (Å²) in [5.74, 6) is -0.496. The third-order valence-electron chi connectivity index (χ3n) is 6.28. The highest BCUT2D eigenvalue weighted by Crippen LogP contribution is 2.38. The van der Waals surface area contributed by atoms with Crippen LogP contribution in [0.2, 0.25) is 0 Å². The molecule has 36 heavy (non-hydrogen) atoms. The number of nitrogens with one attached hydrogen (secondary N) is 1. The van der Waals surface area contributed by atoms with E-state index >= 15 is 0 Å². The van der Waals surface area contributed by atoms with Crippen LogP contribution in [0.25, 0.3) is 0 Å². The summed E-state index contributed by atoms with van der Waals surface area (Å²) in [5, 5.41) is 9.66. The van der Waals surface area contributed by atoms with Gasteiger partial charge in [-0.1, -0.05) is 78.0 Å². The van der Waals surface area contributed by atoms with Gasteiger partial charge < -0.3 is 5.32 Å². The predicted octanol–water partition coefficient (Wildman–Crippen LogP) is 5.79.